The standard InChI is InChI=1S/C12H16FNO.ClH/c1-7-2-5-9(10(13)6-7)11(14)12(15)8-3-4-8;/h2,5-6,8,11-12,15H,3-4,14H2,1H3;1H/t11-,12+;/m1./s1. The number of benzene rings is 1. The summed E-state index contributed by atoms with van der Waals surface area (Å²) in [5, 5.41) is 9.81. The molecule has 1 fully saturated rings. The molecule has 1 aromatic carbocycles. The van der Waals surface area contributed by atoms with Gasteiger partial charge in [-0.05, 0) is 37.3 Å². The average molecular weight is 246 g/mol. The summed E-state index contributed by atoms with van der Waals surface area (Å²) in [5.74, 6) is -0.0529. The third kappa shape index (κ3) is 2.73. The van der Waals surface area contributed by atoms with E-state index < -0.39 is 12.1 Å². The second-order valence-electron chi connectivity index (χ2n) is 4.38. The van der Waals surface area contributed by atoms with Gasteiger partial charge in [-0.2, -0.15) is 0 Å². The summed E-state index contributed by atoms with van der Waals surface area (Å²) >= 11 is 0. The number of rotatable bonds is 3. The van der Waals surface area contributed by atoms with Crippen LogP contribution in [0.5, 0.6) is 0 Å². The van der Waals surface area contributed by atoms with E-state index in [-0.39, 0.29) is 24.1 Å². The van der Waals surface area contributed by atoms with E-state index in [2.05, 4.69) is 0 Å². The molecule has 0 bridgehead atoms. The molecule has 0 heterocycles. The van der Waals surface area contributed by atoms with Crippen LogP contribution in [0.2, 0.25) is 0 Å². The van der Waals surface area contributed by atoms with Crippen LogP contribution in [0, 0.1) is 18.7 Å². The van der Waals surface area contributed by atoms with Crippen molar-refractivity contribution in [3.8, 4) is 0 Å². The lowest BCUT2D eigenvalue weighted by atomic mass is 9.98. The normalized spacial score (nSPS) is 18.8. The molecule has 0 saturated heterocycles. The zero-order valence-corrected chi connectivity index (χ0v) is 10.0. The van der Waals surface area contributed by atoms with Crippen LogP contribution in [0.15, 0.2) is 18.2 Å². The Morgan fingerprint density at radius 3 is 2.56 bits per heavy atom. The largest absolute Gasteiger partial charge is 0.391 e. The fourth-order valence-corrected chi connectivity index (χ4v) is 1.82. The van der Waals surface area contributed by atoms with Gasteiger partial charge in [0.25, 0.3) is 0 Å². The Morgan fingerprint density at radius 2 is 2.06 bits per heavy atom. The minimum Gasteiger partial charge on any atom is -0.391 e. The molecule has 0 amide bonds. The molecule has 0 aliphatic heterocycles. The van der Waals surface area contributed by atoms with Gasteiger partial charge in [0.1, 0.15) is 5.82 Å². The number of hydrogen-bond acceptors (Lipinski definition) is 2. The van der Waals surface area contributed by atoms with E-state index in [0.717, 1.165) is 18.4 Å². The van der Waals surface area contributed by atoms with Gasteiger partial charge in [-0.25, -0.2) is 4.39 Å². The Kier molecular flexibility index (Phi) is 4.30. The quantitative estimate of drug-likeness (QED) is 0.859. The molecule has 1 aliphatic carbocycles. The number of aliphatic hydroxyl groups excluding tert-OH is 1. The van der Waals surface area contributed by atoms with Crippen molar-refractivity contribution < 1.29 is 9.50 Å². The zero-order chi connectivity index (χ0) is 11.0. The molecule has 0 spiro atoms. The second kappa shape index (κ2) is 5.13. The third-order valence-corrected chi connectivity index (χ3v) is 2.99. The Hall–Kier alpha value is -0.640. The van der Waals surface area contributed by atoms with Crippen LogP contribution in [-0.2, 0) is 0 Å². The summed E-state index contributed by atoms with van der Waals surface area (Å²) in [6.07, 6.45) is 1.40. The number of halogens is 2. The highest BCUT2D eigenvalue weighted by Gasteiger charge is 2.35. The Morgan fingerprint density at radius 1 is 1.44 bits per heavy atom. The van der Waals surface area contributed by atoms with Crippen LogP contribution in [0.4, 0.5) is 4.39 Å². The van der Waals surface area contributed by atoms with Gasteiger partial charge in [-0.3, -0.25) is 0 Å². The Bertz CT molecular complexity index is 368. The van der Waals surface area contributed by atoms with Crippen LogP contribution in [0.25, 0.3) is 0 Å². The summed E-state index contributed by atoms with van der Waals surface area (Å²) in [4.78, 5) is 0. The predicted molar refractivity (Wildman–Crippen MR) is 64.0 cm³/mol. The highest BCUT2D eigenvalue weighted by atomic mass is 35.5. The maximum absolute atomic E-state index is 13.6. The zero-order valence-electron chi connectivity index (χ0n) is 9.19. The summed E-state index contributed by atoms with van der Waals surface area (Å²) in [5.41, 5.74) is 7.12. The molecule has 3 N–H and O–H groups in total. The number of nitrogens with two attached hydrogens (primary N) is 1. The van der Waals surface area contributed by atoms with Crippen LogP contribution in [0.1, 0.15) is 30.0 Å². The van der Waals surface area contributed by atoms with Gasteiger partial charge < -0.3 is 10.8 Å². The lowest BCUT2D eigenvalue weighted by Crippen LogP contribution is -2.28. The maximum Gasteiger partial charge on any atom is 0.128 e. The fraction of sp³-hybridized carbons (Fsp3) is 0.500. The van der Waals surface area contributed by atoms with Gasteiger partial charge in [-0.15, -0.1) is 12.4 Å². The summed E-state index contributed by atoms with van der Waals surface area (Å²) in [7, 11) is 0. The van der Waals surface area contributed by atoms with E-state index >= 15 is 0 Å². The highest BCUT2D eigenvalue weighted by Crippen LogP contribution is 2.37. The second-order valence-corrected chi connectivity index (χ2v) is 4.38. The molecule has 16 heavy (non-hydrogen) atoms. The maximum atomic E-state index is 13.6. The molecule has 4 heteroatoms. The van der Waals surface area contributed by atoms with Crippen LogP contribution in [0.3, 0.4) is 0 Å². The lowest BCUT2D eigenvalue weighted by Gasteiger charge is -2.19. The van der Waals surface area contributed by atoms with Crippen molar-refractivity contribution in [2.45, 2.75) is 31.9 Å². The van der Waals surface area contributed by atoms with E-state index in [9.17, 15) is 9.50 Å². The number of aliphatic hydroxyl groups is 1. The van der Waals surface area contributed by atoms with Crippen molar-refractivity contribution >= 4 is 12.4 Å². The first-order valence-electron chi connectivity index (χ1n) is 5.29. The van der Waals surface area contributed by atoms with Crippen LogP contribution in [-0.4, -0.2) is 11.2 Å². The van der Waals surface area contributed by atoms with Gasteiger partial charge in [-0.1, -0.05) is 12.1 Å². The fourth-order valence-electron chi connectivity index (χ4n) is 1.82. The third-order valence-electron chi connectivity index (χ3n) is 2.99. The van der Waals surface area contributed by atoms with Gasteiger partial charge in [0.2, 0.25) is 0 Å². The topological polar surface area (TPSA) is 46.2 Å². The van der Waals surface area contributed by atoms with Crippen molar-refractivity contribution in [3.63, 3.8) is 0 Å². The van der Waals surface area contributed by atoms with Crippen LogP contribution >= 0.6 is 12.4 Å². The van der Waals surface area contributed by atoms with Crippen molar-refractivity contribution in [1.29, 1.82) is 0 Å². The predicted octanol–water partition coefficient (Wildman–Crippen LogP) is 2.33. The number of aryl methyl sites for hydroxylation is 1. The molecule has 0 radical (unpaired) electrons. The van der Waals surface area contributed by atoms with Gasteiger partial charge in [0.15, 0.2) is 0 Å². The van der Waals surface area contributed by atoms with Gasteiger partial charge in [0.05, 0.1) is 12.1 Å². The molecule has 0 aromatic heterocycles. The van der Waals surface area contributed by atoms with E-state index in [1.807, 2.05) is 13.0 Å². The minimum absolute atomic E-state index is 0. The molecular weight excluding hydrogens is 229 g/mol. The van der Waals surface area contributed by atoms with Crippen molar-refractivity contribution in [2.24, 2.45) is 11.7 Å². The first-order valence-corrected chi connectivity index (χ1v) is 5.29. The van der Waals surface area contributed by atoms with Crippen LogP contribution < -0.4 is 5.73 Å². The Balaban J connectivity index is 0.00000128. The molecule has 1 aromatic rings. The van der Waals surface area contributed by atoms with Crippen molar-refractivity contribution in [3.05, 3.63) is 35.1 Å². The smallest absolute Gasteiger partial charge is 0.128 e. The van der Waals surface area contributed by atoms with Crippen molar-refractivity contribution in [1.82, 2.24) is 0 Å². The molecular formula is C12H17ClFNO. The summed E-state index contributed by atoms with van der Waals surface area (Å²) in [6.45, 7) is 1.83. The molecule has 1 aliphatic rings. The number of hydrogen-bond donors (Lipinski definition) is 2. The molecule has 1 saturated carbocycles. The minimum atomic E-state index is -0.609. The van der Waals surface area contributed by atoms with E-state index in [1.54, 1.807) is 6.07 Å². The van der Waals surface area contributed by atoms with Gasteiger partial charge in [0, 0.05) is 5.56 Å². The molecule has 0 unspecified atom stereocenters. The monoisotopic (exact) mass is 245 g/mol. The van der Waals surface area contributed by atoms with E-state index in [4.69, 9.17) is 5.73 Å². The first kappa shape index (κ1) is 13.4. The average Bonchev–Trinajstić information content (AvgIpc) is 2.99. The first-order chi connectivity index (χ1) is 7.09. The summed E-state index contributed by atoms with van der Waals surface area (Å²) in [6, 6.07) is 4.34. The summed E-state index contributed by atoms with van der Waals surface area (Å²) < 4.78 is 13.6. The Labute approximate surface area is 101 Å². The van der Waals surface area contributed by atoms with E-state index in [0.29, 0.717) is 5.56 Å². The SMILES string of the molecule is Cc1ccc([C@@H](N)[C@@H](O)C2CC2)c(F)c1.Cl. The molecule has 90 valence electrons. The molecule has 2 atom stereocenters. The molecule has 2 rings (SSSR count). The molecule has 2 nitrogen and oxygen atoms in total. The van der Waals surface area contributed by atoms with Gasteiger partial charge >= 0.3 is 0 Å². The van der Waals surface area contributed by atoms with Crippen molar-refractivity contribution in [2.75, 3.05) is 0 Å². The van der Waals surface area contributed by atoms with E-state index in [1.165, 1.54) is 6.07 Å². The lowest BCUT2D eigenvalue weighted by molar-refractivity contribution is 0.121. The highest BCUT2D eigenvalue weighted by molar-refractivity contribution is 5.85.